The zero-order valence-corrected chi connectivity index (χ0v) is 9.71. The minimum atomic E-state index is -2.57. The van der Waals surface area contributed by atoms with Gasteiger partial charge in [0, 0.05) is 23.8 Å². The Labute approximate surface area is 91.7 Å². The van der Waals surface area contributed by atoms with Gasteiger partial charge in [0.05, 0.1) is 5.66 Å². The molecular weight excluding hydrogens is 228 g/mol. The third-order valence-electron chi connectivity index (χ3n) is 3.48. The first-order valence-corrected chi connectivity index (χ1v) is 4.80. The molecule has 1 heterocycles. The van der Waals surface area contributed by atoms with E-state index in [1.807, 2.05) is 0 Å². The highest BCUT2D eigenvalue weighted by atomic mass is 19.4. The number of hydrogen-bond acceptors (Lipinski definition) is 4. The second-order valence-corrected chi connectivity index (χ2v) is 4.65. The van der Waals surface area contributed by atoms with Crippen LogP contribution in [0.2, 0.25) is 0 Å². The lowest BCUT2D eigenvalue weighted by molar-refractivity contribution is -0.391. The Morgan fingerprint density at radius 2 is 1.19 bits per heavy atom. The van der Waals surface area contributed by atoms with Gasteiger partial charge in [-0.25, -0.2) is 0 Å². The van der Waals surface area contributed by atoms with E-state index < -0.39 is 35.1 Å². The number of rotatable bonds is 2. The van der Waals surface area contributed by atoms with Crippen LogP contribution in [0.5, 0.6) is 0 Å². The second kappa shape index (κ2) is 4.10. The molecule has 0 spiro atoms. The Balaban J connectivity index is 3.02. The highest BCUT2D eigenvalue weighted by Crippen LogP contribution is 2.34. The van der Waals surface area contributed by atoms with Crippen LogP contribution in [-0.2, 0) is 0 Å². The molecule has 96 valence electrons. The van der Waals surface area contributed by atoms with Gasteiger partial charge in [-0.1, -0.05) is 17.9 Å². The topological polar surface area (TPSA) is 13.0 Å². The van der Waals surface area contributed by atoms with Gasteiger partial charge < -0.3 is 0 Å². The molecule has 0 aromatic rings. The van der Waals surface area contributed by atoms with E-state index in [1.165, 1.54) is 23.9 Å². The van der Waals surface area contributed by atoms with Gasteiger partial charge in [0.2, 0.25) is 5.66 Å². The Bertz CT molecular complexity index is 234. The second-order valence-electron chi connectivity index (χ2n) is 4.65. The zero-order valence-electron chi connectivity index (χ0n) is 9.71. The first kappa shape index (κ1) is 13.6. The minimum Gasteiger partial charge on any atom is -0.285 e. The summed E-state index contributed by atoms with van der Waals surface area (Å²) in [4.78, 5) is 2.93. The maximum absolute atomic E-state index is 12.7. The number of hydrogen-bond donors (Lipinski definition) is 0. The van der Waals surface area contributed by atoms with Gasteiger partial charge >= 0.3 is 0 Å². The molecule has 0 aliphatic carbocycles. The molecule has 1 aliphatic rings. The fourth-order valence-corrected chi connectivity index (χ4v) is 1.76. The van der Waals surface area contributed by atoms with Crippen molar-refractivity contribution in [2.75, 3.05) is 27.2 Å². The molecule has 0 bridgehead atoms. The third-order valence-corrected chi connectivity index (χ3v) is 3.48. The van der Waals surface area contributed by atoms with E-state index in [1.54, 1.807) is 13.8 Å². The summed E-state index contributed by atoms with van der Waals surface area (Å²) in [5, 5.41) is -2.84. The summed E-state index contributed by atoms with van der Waals surface area (Å²) in [6.07, 6.45) is 0. The highest BCUT2D eigenvalue weighted by molar-refractivity contribution is 4.96. The van der Waals surface area contributed by atoms with Crippen LogP contribution < -0.4 is 0 Å². The van der Waals surface area contributed by atoms with E-state index in [0.29, 0.717) is 0 Å². The van der Waals surface area contributed by atoms with Crippen molar-refractivity contribution in [1.82, 2.24) is 20.5 Å². The van der Waals surface area contributed by atoms with E-state index in [9.17, 15) is 17.9 Å². The van der Waals surface area contributed by atoms with Crippen LogP contribution >= 0.6 is 0 Å². The Morgan fingerprint density at radius 1 is 0.875 bits per heavy atom. The molecule has 0 aromatic heterocycles. The van der Waals surface area contributed by atoms with Crippen molar-refractivity contribution in [3.05, 3.63) is 0 Å². The molecule has 0 saturated carbocycles. The molecule has 0 radical (unpaired) electrons. The van der Waals surface area contributed by atoms with Crippen LogP contribution in [0.3, 0.4) is 0 Å². The normalized spacial score (nSPS) is 26.6. The van der Waals surface area contributed by atoms with Gasteiger partial charge in [-0.3, -0.25) is 9.80 Å². The van der Waals surface area contributed by atoms with Crippen molar-refractivity contribution in [3.63, 3.8) is 0 Å². The largest absolute Gasteiger partial charge is 0.285 e. The van der Waals surface area contributed by atoms with Crippen molar-refractivity contribution in [3.8, 4) is 0 Å². The molecule has 16 heavy (non-hydrogen) atoms. The lowest BCUT2D eigenvalue weighted by Crippen LogP contribution is -2.73. The van der Waals surface area contributed by atoms with Crippen molar-refractivity contribution in [2.45, 2.75) is 25.2 Å². The highest BCUT2D eigenvalue weighted by Gasteiger charge is 2.55. The van der Waals surface area contributed by atoms with Gasteiger partial charge in [0.1, 0.15) is 0 Å². The Kier molecular flexibility index (Phi) is 3.49. The maximum Gasteiger partial charge on any atom is 0.221 e. The van der Waals surface area contributed by atoms with E-state index in [-0.39, 0.29) is 0 Å². The summed E-state index contributed by atoms with van der Waals surface area (Å²) in [6, 6.07) is 0. The summed E-state index contributed by atoms with van der Waals surface area (Å²) < 4.78 is 50.7. The smallest absolute Gasteiger partial charge is 0.221 e. The SMILES string of the molecule is CN1CC(N(F)F)(N(F)F)CN(C)C1(C)C. The Morgan fingerprint density at radius 3 is 1.44 bits per heavy atom. The average Bonchev–Trinajstić information content (AvgIpc) is 2.13. The van der Waals surface area contributed by atoms with E-state index in [2.05, 4.69) is 0 Å². The molecule has 0 unspecified atom stereocenters. The quantitative estimate of drug-likeness (QED) is 0.414. The fourth-order valence-electron chi connectivity index (χ4n) is 1.76. The van der Waals surface area contributed by atoms with Crippen molar-refractivity contribution < 1.29 is 17.9 Å². The molecule has 0 aromatic carbocycles. The van der Waals surface area contributed by atoms with Crippen molar-refractivity contribution >= 4 is 0 Å². The standard InChI is InChI=1S/C8H16F4N4/c1-7(2)13(3)5-8(15(9)10,16(11)12)6-14(7)4/h5-6H2,1-4H3. The van der Waals surface area contributed by atoms with Crippen LogP contribution in [0.4, 0.5) is 17.9 Å². The van der Waals surface area contributed by atoms with Crippen LogP contribution in [0.15, 0.2) is 0 Å². The molecule has 1 rings (SSSR count). The molecule has 0 atom stereocenters. The zero-order chi connectivity index (χ0) is 12.7. The third kappa shape index (κ3) is 1.90. The molecule has 4 nitrogen and oxygen atoms in total. The van der Waals surface area contributed by atoms with Gasteiger partial charge in [-0.05, 0) is 27.9 Å². The molecule has 1 aliphatic heterocycles. The number of nitrogens with zero attached hydrogens (tertiary/aromatic N) is 4. The number of halogens is 4. The van der Waals surface area contributed by atoms with Crippen LogP contribution in [0.25, 0.3) is 0 Å². The molecule has 0 N–H and O–H groups in total. The summed E-state index contributed by atoms with van der Waals surface area (Å²) in [5.41, 5.74) is -3.10. The summed E-state index contributed by atoms with van der Waals surface area (Å²) in [7, 11) is 3.08. The van der Waals surface area contributed by atoms with Crippen molar-refractivity contribution in [2.24, 2.45) is 0 Å². The van der Waals surface area contributed by atoms with Crippen LogP contribution in [-0.4, -0.2) is 59.0 Å². The molecule has 8 heteroatoms. The number of likely N-dealkylation sites (N-methyl/N-ethyl adjacent to an activating group) is 2. The fraction of sp³-hybridized carbons (Fsp3) is 1.00. The van der Waals surface area contributed by atoms with Gasteiger partial charge in [-0.2, -0.15) is 0 Å². The van der Waals surface area contributed by atoms with Crippen molar-refractivity contribution in [1.29, 1.82) is 0 Å². The van der Waals surface area contributed by atoms with Gasteiger partial charge in [-0.15, -0.1) is 0 Å². The minimum absolute atomic E-state index is 0.440. The van der Waals surface area contributed by atoms with Gasteiger partial charge in [0.15, 0.2) is 0 Å². The van der Waals surface area contributed by atoms with Crippen LogP contribution in [0, 0.1) is 0 Å². The summed E-state index contributed by atoms with van der Waals surface area (Å²) in [6.45, 7) is 2.70. The lowest BCUT2D eigenvalue weighted by Gasteiger charge is -2.53. The first-order chi connectivity index (χ1) is 7.14. The monoisotopic (exact) mass is 244 g/mol. The molecule has 1 saturated heterocycles. The molecular formula is C8H16F4N4. The lowest BCUT2D eigenvalue weighted by atomic mass is 10.0. The summed E-state index contributed by atoms with van der Waals surface area (Å²) >= 11 is 0. The first-order valence-electron chi connectivity index (χ1n) is 4.80. The van der Waals surface area contributed by atoms with E-state index in [0.717, 1.165) is 0 Å². The predicted molar refractivity (Wildman–Crippen MR) is 50.2 cm³/mol. The van der Waals surface area contributed by atoms with E-state index >= 15 is 0 Å². The van der Waals surface area contributed by atoms with Gasteiger partial charge in [0.25, 0.3) is 0 Å². The average molecular weight is 244 g/mol. The Hall–Kier alpha value is -0.440. The molecule has 0 amide bonds. The van der Waals surface area contributed by atoms with E-state index in [4.69, 9.17) is 0 Å². The molecule has 1 fully saturated rings. The maximum atomic E-state index is 12.7. The van der Waals surface area contributed by atoms with Crippen LogP contribution in [0.1, 0.15) is 13.8 Å². The predicted octanol–water partition coefficient (Wildman–Crippen LogP) is 1.44. The summed E-state index contributed by atoms with van der Waals surface area (Å²) in [5.74, 6) is 0.